The predicted octanol–water partition coefficient (Wildman–Crippen LogP) is 0.0487. The Morgan fingerprint density at radius 3 is 2.43 bits per heavy atom. The highest BCUT2D eigenvalue weighted by Gasteiger charge is 2.14. The lowest BCUT2D eigenvalue weighted by molar-refractivity contribution is 0.427. The largest absolute Gasteiger partial charge is 0.499 e. The Balaban J connectivity index is 2.07. The van der Waals surface area contributed by atoms with E-state index in [0.29, 0.717) is 9.65 Å². The number of rotatable bonds is 5. The number of hydrogen-bond donors (Lipinski definition) is 3. The molecule has 0 amide bonds. The normalized spacial score (nSPS) is 11.8. The third-order valence-electron chi connectivity index (χ3n) is 2.60. The average molecular weight is 324 g/mol. The van der Waals surface area contributed by atoms with E-state index < -0.39 is 17.1 Å². The molecule has 21 heavy (non-hydrogen) atoms. The second kappa shape index (κ2) is 6.40. The SMILES string of the molecule is Cc1ccc(S(=O)(=O)N/N=C/c2ccc(B(O)O)s2)cc1. The fourth-order valence-corrected chi connectivity index (χ4v) is 3.05. The first-order valence-electron chi connectivity index (χ1n) is 5.96. The zero-order chi connectivity index (χ0) is 15.5. The molecular formula is C12H13BN2O4S2. The van der Waals surface area contributed by atoms with E-state index in [1.54, 1.807) is 18.2 Å². The zero-order valence-electron chi connectivity index (χ0n) is 11.1. The summed E-state index contributed by atoms with van der Waals surface area (Å²) >= 11 is 1.11. The van der Waals surface area contributed by atoms with Gasteiger partial charge in [0.15, 0.2) is 0 Å². The molecule has 0 aliphatic heterocycles. The van der Waals surface area contributed by atoms with Gasteiger partial charge in [-0.25, -0.2) is 4.83 Å². The van der Waals surface area contributed by atoms with Crippen molar-refractivity contribution in [1.82, 2.24) is 4.83 Å². The summed E-state index contributed by atoms with van der Waals surface area (Å²) in [6.45, 7) is 1.87. The molecular weight excluding hydrogens is 311 g/mol. The molecule has 0 saturated carbocycles. The molecule has 1 heterocycles. The summed E-state index contributed by atoms with van der Waals surface area (Å²) in [5.41, 5.74) is 0.964. The number of nitrogens with one attached hydrogen (secondary N) is 1. The molecule has 2 rings (SSSR count). The topological polar surface area (TPSA) is 99.0 Å². The Kier molecular flexibility index (Phi) is 4.78. The molecule has 3 N–H and O–H groups in total. The first-order valence-corrected chi connectivity index (χ1v) is 8.26. The van der Waals surface area contributed by atoms with Crippen LogP contribution in [0.1, 0.15) is 10.4 Å². The number of nitrogens with zero attached hydrogens (tertiary/aromatic N) is 1. The van der Waals surface area contributed by atoms with Gasteiger partial charge in [-0.05, 0) is 25.1 Å². The lowest BCUT2D eigenvalue weighted by Gasteiger charge is -2.03. The first-order chi connectivity index (χ1) is 9.88. The van der Waals surface area contributed by atoms with Crippen LogP contribution < -0.4 is 9.61 Å². The molecule has 0 spiro atoms. The lowest BCUT2D eigenvalue weighted by atomic mass is 9.90. The second-order valence-electron chi connectivity index (χ2n) is 4.28. The van der Waals surface area contributed by atoms with Crippen LogP contribution in [0.4, 0.5) is 0 Å². The monoisotopic (exact) mass is 324 g/mol. The molecule has 0 aliphatic carbocycles. The highest BCUT2D eigenvalue weighted by molar-refractivity contribution is 7.89. The summed E-state index contributed by atoms with van der Waals surface area (Å²) in [6, 6.07) is 9.55. The van der Waals surface area contributed by atoms with E-state index >= 15 is 0 Å². The summed E-state index contributed by atoms with van der Waals surface area (Å²) in [7, 11) is -5.24. The maximum atomic E-state index is 11.9. The molecule has 0 bridgehead atoms. The third-order valence-corrected chi connectivity index (χ3v) is 4.90. The summed E-state index contributed by atoms with van der Waals surface area (Å²) in [4.78, 5) is 2.83. The molecule has 0 atom stereocenters. The molecule has 0 fully saturated rings. The predicted molar refractivity (Wildman–Crippen MR) is 83.2 cm³/mol. The van der Waals surface area contributed by atoms with Crippen LogP contribution >= 0.6 is 11.3 Å². The summed E-state index contributed by atoms with van der Waals surface area (Å²) in [5, 5.41) is 21.6. The van der Waals surface area contributed by atoms with Crippen LogP contribution in [0.3, 0.4) is 0 Å². The molecule has 1 aromatic heterocycles. The zero-order valence-corrected chi connectivity index (χ0v) is 12.7. The Hall–Kier alpha value is -1.68. The first kappa shape index (κ1) is 15.7. The van der Waals surface area contributed by atoms with Gasteiger partial charge in [-0.1, -0.05) is 23.8 Å². The van der Waals surface area contributed by atoms with Crippen molar-refractivity contribution in [3.63, 3.8) is 0 Å². The molecule has 0 radical (unpaired) electrons. The molecule has 6 nitrogen and oxygen atoms in total. The van der Waals surface area contributed by atoms with Crippen molar-refractivity contribution in [2.75, 3.05) is 0 Å². The standard InChI is InChI=1S/C12H13BN2O4S2/c1-9-2-5-11(6-3-9)21(18,19)15-14-8-10-4-7-12(20-10)13(16)17/h2-8,15-17H,1H3/b14-8+. The smallest absolute Gasteiger partial charge is 0.423 e. The van der Waals surface area contributed by atoms with Crippen molar-refractivity contribution in [3.8, 4) is 0 Å². The second-order valence-corrected chi connectivity index (χ2v) is 7.09. The maximum Gasteiger partial charge on any atom is 0.499 e. The molecule has 2 aromatic rings. The van der Waals surface area contributed by atoms with E-state index in [-0.39, 0.29) is 4.90 Å². The summed E-state index contributed by atoms with van der Waals surface area (Å²) in [6.07, 6.45) is 1.31. The number of hydrogen-bond acceptors (Lipinski definition) is 6. The van der Waals surface area contributed by atoms with Crippen LogP contribution in [-0.2, 0) is 10.0 Å². The Morgan fingerprint density at radius 2 is 1.86 bits per heavy atom. The number of hydrazone groups is 1. The Labute approximate surface area is 127 Å². The molecule has 0 aliphatic rings. The molecule has 1 aromatic carbocycles. The van der Waals surface area contributed by atoms with Gasteiger partial charge in [0, 0.05) is 9.65 Å². The van der Waals surface area contributed by atoms with Crippen LogP contribution in [0.15, 0.2) is 46.4 Å². The quantitative estimate of drug-likeness (QED) is 0.411. The molecule has 110 valence electrons. The van der Waals surface area contributed by atoms with Crippen molar-refractivity contribution in [2.24, 2.45) is 5.10 Å². The van der Waals surface area contributed by atoms with Crippen molar-refractivity contribution in [2.45, 2.75) is 11.8 Å². The van der Waals surface area contributed by atoms with Crippen LogP contribution in [-0.4, -0.2) is 31.8 Å². The Bertz CT molecular complexity index is 739. The van der Waals surface area contributed by atoms with E-state index in [2.05, 4.69) is 9.93 Å². The number of aryl methyl sites for hydroxylation is 1. The number of benzene rings is 1. The minimum atomic E-state index is -3.70. The average Bonchev–Trinajstić information content (AvgIpc) is 2.88. The fraction of sp³-hybridized carbons (Fsp3) is 0.0833. The highest BCUT2D eigenvalue weighted by atomic mass is 32.2. The van der Waals surface area contributed by atoms with Crippen LogP contribution in [0, 0.1) is 6.92 Å². The van der Waals surface area contributed by atoms with Crippen molar-refractivity contribution in [3.05, 3.63) is 46.8 Å². The number of thiophene rings is 1. The van der Waals surface area contributed by atoms with E-state index in [1.807, 2.05) is 6.92 Å². The van der Waals surface area contributed by atoms with Gasteiger partial charge in [0.25, 0.3) is 10.0 Å². The van der Waals surface area contributed by atoms with E-state index in [9.17, 15) is 8.42 Å². The van der Waals surface area contributed by atoms with Crippen LogP contribution in [0.25, 0.3) is 0 Å². The molecule has 0 saturated heterocycles. The third kappa shape index (κ3) is 4.15. The minimum absolute atomic E-state index is 0.128. The van der Waals surface area contributed by atoms with Gasteiger partial charge in [0.05, 0.1) is 11.1 Å². The Morgan fingerprint density at radius 1 is 1.19 bits per heavy atom. The fourth-order valence-electron chi connectivity index (χ4n) is 1.51. The van der Waals surface area contributed by atoms with Gasteiger partial charge in [0.2, 0.25) is 0 Å². The van der Waals surface area contributed by atoms with Gasteiger partial charge in [0.1, 0.15) is 0 Å². The summed E-state index contributed by atoms with van der Waals surface area (Å²) < 4.78 is 24.3. The van der Waals surface area contributed by atoms with Crippen LogP contribution in [0.5, 0.6) is 0 Å². The van der Waals surface area contributed by atoms with Crippen molar-refractivity contribution in [1.29, 1.82) is 0 Å². The van der Waals surface area contributed by atoms with Gasteiger partial charge < -0.3 is 10.0 Å². The molecule has 0 unspecified atom stereocenters. The summed E-state index contributed by atoms with van der Waals surface area (Å²) in [5.74, 6) is 0. The van der Waals surface area contributed by atoms with E-state index in [4.69, 9.17) is 10.0 Å². The maximum absolute atomic E-state index is 11.9. The van der Waals surface area contributed by atoms with E-state index in [0.717, 1.165) is 16.9 Å². The number of sulfonamides is 1. The minimum Gasteiger partial charge on any atom is -0.423 e. The van der Waals surface area contributed by atoms with Gasteiger partial charge in [-0.2, -0.15) is 13.5 Å². The lowest BCUT2D eigenvalue weighted by Crippen LogP contribution is -2.26. The van der Waals surface area contributed by atoms with Gasteiger partial charge in [-0.3, -0.25) is 0 Å². The van der Waals surface area contributed by atoms with Gasteiger partial charge in [-0.15, -0.1) is 11.3 Å². The molecule has 9 heteroatoms. The highest BCUT2D eigenvalue weighted by Crippen LogP contribution is 2.10. The van der Waals surface area contributed by atoms with Crippen LogP contribution in [0.2, 0.25) is 0 Å². The van der Waals surface area contributed by atoms with Crippen molar-refractivity contribution >= 4 is 39.5 Å². The van der Waals surface area contributed by atoms with E-state index in [1.165, 1.54) is 24.4 Å². The van der Waals surface area contributed by atoms with Gasteiger partial charge >= 0.3 is 7.12 Å². The van der Waals surface area contributed by atoms with Crippen molar-refractivity contribution < 1.29 is 18.5 Å².